The molecule has 35 heavy (non-hydrogen) atoms. The quantitative estimate of drug-likeness (QED) is 0.463. The maximum absolute atomic E-state index is 13.1. The van der Waals surface area contributed by atoms with Crippen LogP contribution in [0.5, 0.6) is 5.75 Å². The minimum atomic E-state index is -4.79. The van der Waals surface area contributed by atoms with Crippen molar-refractivity contribution in [1.82, 2.24) is 10.2 Å². The summed E-state index contributed by atoms with van der Waals surface area (Å²) in [4.78, 5) is 28.7. The Bertz CT molecular complexity index is 1190. The maximum Gasteiger partial charge on any atom is 0.573 e. The molecule has 3 aromatic rings. The van der Waals surface area contributed by atoms with Crippen LogP contribution in [0.25, 0.3) is 0 Å². The van der Waals surface area contributed by atoms with Gasteiger partial charge in [-0.15, -0.1) is 24.5 Å². The van der Waals surface area contributed by atoms with Crippen LogP contribution < -0.4 is 10.1 Å². The van der Waals surface area contributed by atoms with Gasteiger partial charge in [-0.1, -0.05) is 36.4 Å². The molecule has 0 spiro atoms. The van der Waals surface area contributed by atoms with Crippen LogP contribution in [-0.4, -0.2) is 29.6 Å². The maximum atomic E-state index is 13.1. The molecule has 2 amide bonds. The Balaban J connectivity index is 1.36. The van der Waals surface area contributed by atoms with E-state index in [1.54, 1.807) is 24.3 Å². The number of amides is 2. The standard InChI is InChI=1S/C26H25F3N2O3S/c1-17-13-18(15-20(14-17)34-26(27,28)29)16-30-23(32)7-8-24(33)31-11-9-22-21(10-12-35-22)25(31)19-5-3-2-4-6-19/h2-6,10,12-15,25H,7-9,11,16H2,1H3,(H,30,32). The number of ether oxygens (including phenoxy) is 1. The number of halogens is 3. The van der Waals surface area contributed by atoms with E-state index >= 15 is 0 Å². The van der Waals surface area contributed by atoms with Crippen LogP contribution in [0, 0.1) is 6.92 Å². The van der Waals surface area contributed by atoms with Crippen molar-refractivity contribution in [3.8, 4) is 5.75 Å². The van der Waals surface area contributed by atoms with Crippen molar-refractivity contribution in [2.45, 2.75) is 45.1 Å². The SMILES string of the molecule is Cc1cc(CNC(=O)CCC(=O)N2CCc3sccc3C2c2ccccc2)cc(OC(F)(F)F)c1. The van der Waals surface area contributed by atoms with Gasteiger partial charge in [-0.05, 0) is 59.2 Å². The average Bonchev–Trinajstić information content (AvgIpc) is 3.28. The fourth-order valence-electron chi connectivity index (χ4n) is 4.35. The van der Waals surface area contributed by atoms with Gasteiger partial charge in [-0.2, -0.15) is 0 Å². The number of thiophene rings is 1. The summed E-state index contributed by atoms with van der Waals surface area (Å²) in [5, 5.41) is 4.72. The number of alkyl halides is 3. The van der Waals surface area contributed by atoms with Crippen molar-refractivity contribution in [3.05, 3.63) is 87.1 Å². The van der Waals surface area contributed by atoms with Gasteiger partial charge in [0, 0.05) is 30.8 Å². The molecule has 0 saturated heterocycles. The third-order valence-electron chi connectivity index (χ3n) is 5.80. The molecule has 4 rings (SSSR count). The lowest BCUT2D eigenvalue weighted by Crippen LogP contribution is -2.40. The van der Waals surface area contributed by atoms with E-state index in [0.29, 0.717) is 17.7 Å². The Hall–Kier alpha value is -3.33. The topological polar surface area (TPSA) is 58.6 Å². The van der Waals surface area contributed by atoms with E-state index < -0.39 is 6.36 Å². The molecule has 2 aromatic carbocycles. The lowest BCUT2D eigenvalue weighted by atomic mass is 9.93. The van der Waals surface area contributed by atoms with Crippen LogP contribution in [0.15, 0.2) is 60.0 Å². The monoisotopic (exact) mass is 502 g/mol. The number of carbonyl (C=O) groups is 2. The fraction of sp³-hybridized carbons (Fsp3) is 0.308. The van der Waals surface area contributed by atoms with Crippen LogP contribution >= 0.6 is 11.3 Å². The lowest BCUT2D eigenvalue weighted by molar-refractivity contribution is -0.274. The van der Waals surface area contributed by atoms with Gasteiger partial charge < -0.3 is 15.0 Å². The third-order valence-corrected chi connectivity index (χ3v) is 6.80. The minimum absolute atomic E-state index is 0.00887. The highest BCUT2D eigenvalue weighted by atomic mass is 32.1. The molecule has 9 heteroatoms. The number of aryl methyl sites for hydroxylation is 1. The normalized spacial score (nSPS) is 15.4. The van der Waals surface area contributed by atoms with Crippen LogP contribution in [0.4, 0.5) is 13.2 Å². The molecule has 0 fully saturated rings. The third kappa shape index (κ3) is 6.42. The van der Waals surface area contributed by atoms with Crippen LogP contribution in [0.2, 0.25) is 0 Å². The molecular weight excluding hydrogens is 477 g/mol. The number of hydrogen-bond acceptors (Lipinski definition) is 4. The number of nitrogens with zero attached hydrogens (tertiary/aromatic N) is 1. The summed E-state index contributed by atoms with van der Waals surface area (Å²) in [6.07, 6.45) is -3.97. The molecule has 2 heterocycles. The highest BCUT2D eigenvalue weighted by Crippen LogP contribution is 2.38. The number of fused-ring (bicyclic) bond motifs is 1. The molecule has 1 N–H and O–H groups in total. The van der Waals surface area contributed by atoms with Gasteiger partial charge in [-0.3, -0.25) is 9.59 Å². The van der Waals surface area contributed by atoms with Gasteiger partial charge in [0.25, 0.3) is 0 Å². The van der Waals surface area contributed by atoms with Crippen LogP contribution in [0.3, 0.4) is 0 Å². The zero-order valence-electron chi connectivity index (χ0n) is 19.1. The largest absolute Gasteiger partial charge is 0.573 e. The predicted octanol–water partition coefficient (Wildman–Crippen LogP) is 5.53. The van der Waals surface area contributed by atoms with Crippen molar-refractivity contribution in [2.24, 2.45) is 0 Å². The molecule has 0 bridgehead atoms. The Morgan fingerprint density at radius 1 is 1.11 bits per heavy atom. The Kier molecular flexibility index (Phi) is 7.45. The summed E-state index contributed by atoms with van der Waals surface area (Å²) in [5.74, 6) is -0.785. The van der Waals surface area contributed by atoms with Crippen LogP contribution in [0.1, 0.15) is 46.0 Å². The molecule has 0 radical (unpaired) electrons. The molecule has 1 aromatic heterocycles. The van der Waals surface area contributed by atoms with E-state index in [1.807, 2.05) is 40.6 Å². The lowest BCUT2D eigenvalue weighted by Gasteiger charge is -2.36. The number of rotatable bonds is 7. The zero-order chi connectivity index (χ0) is 25.0. The van der Waals surface area contributed by atoms with Gasteiger partial charge in [0.05, 0.1) is 6.04 Å². The van der Waals surface area contributed by atoms with Crippen molar-refractivity contribution >= 4 is 23.2 Å². The van der Waals surface area contributed by atoms with E-state index in [4.69, 9.17) is 0 Å². The highest BCUT2D eigenvalue weighted by Gasteiger charge is 2.33. The fourth-order valence-corrected chi connectivity index (χ4v) is 5.26. The summed E-state index contributed by atoms with van der Waals surface area (Å²) < 4.78 is 41.5. The first kappa shape index (κ1) is 24.8. The van der Waals surface area contributed by atoms with Gasteiger partial charge in [-0.25, -0.2) is 0 Å². The molecular formula is C26H25F3N2O3S. The second-order valence-corrected chi connectivity index (χ2v) is 9.43. The van der Waals surface area contributed by atoms with E-state index in [-0.39, 0.29) is 43.0 Å². The van der Waals surface area contributed by atoms with E-state index in [0.717, 1.165) is 17.5 Å². The number of nitrogens with one attached hydrogen (secondary N) is 1. The predicted molar refractivity (Wildman–Crippen MR) is 127 cm³/mol. The number of hydrogen-bond donors (Lipinski definition) is 1. The summed E-state index contributed by atoms with van der Waals surface area (Å²) in [5.41, 5.74) is 3.22. The summed E-state index contributed by atoms with van der Waals surface area (Å²) in [6.45, 7) is 2.27. The van der Waals surface area contributed by atoms with Gasteiger partial charge in [0.1, 0.15) is 5.75 Å². The first-order chi connectivity index (χ1) is 16.7. The molecule has 1 unspecified atom stereocenters. The first-order valence-electron chi connectivity index (χ1n) is 11.2. The van der Waals surface area contributed by atoms with Crippen LogP contribution in [-0.2, 0) is 22.6 Å². The second kappa shape index (κ2) is 10.5. The average molecular weight is 503 g/mol. The Morgan fingerprint density at radius 3 is 2.63 bits per heavy atom. The Labute approximate surface area is 205 Å². The molecule has 1 aliphatic heterocycles. The van der Waals surface area contributed by atoms with E-state index in [9.17, 15) is 22.8 Å². The molecule has 1 atom stereocenters. The summed E-state index contributed by atoms with van der Waals surface area (Å²) in [6, 6.07) is 15.9. The molecule has 0 aliphatic carbocycles. The van der Waals surface area contributed by atoms with Gasteiger partial charge >= 0.3 is 6.36 Å². The van der Waals surface area contributed by atoms with E-state index in [1.165, 1.54) is 17.0 Å². The summed E-state index contributed by atoms with van der Waals surface area (Å²) >= 11 is 1.69. The van der Waals surface area contributed by atoms with Gasteiger partial charge in [0.2, 0.25) is 11.8 Å². The zero-order valence-corrected chi connectivity index (χ0v) is 19.9. The summed E-state index contributed by atoms with van der Waals surface area (Å²) in [7, 11) is 0. The van der Waals surface area contributed by atoms with E-state index in [2.05, 4.69) is 16.1 Å². The molecule has 184 valence electrons. The first-order valence-corrected chi connectivity index (χ1v) is 12.1. The second-order valence-electron chi connectivity index (χ2n) is 8.43. The Morgan fingerprint density at radius 2 is 1.89 bits per heavy atom. The van der Waals surface area contributed by atoms with Crippen molar-refractivity contribution < 1.29 is 27.5 Å². The number of carbonyl (C=O) groups excluding carboxylic acids is 2. The minimum Gasteiger partial charge on any atom is -0.406 e. The highest BCUT2D eigenvalue weighted by molar-refractivity contribution is 7.10. The number of benzene rings is 2. The molecule has 5 nitrogen and oxygen atoms in total. The molecule has 1 aliphatic rings. The van der Waals surface area contributed by atoms with Gasteiger partial charge in [0.15, 0.2) is 0 Å². The van der Waals surface area contributed by atoms with Crippen molar-refractivity contribution in [1.29, 1.82) is 0 Å². The van der Waals surface area contributed by atoms with Crippen molar-refractivity contribution in [3.63, 3.8) is 0 Å². The smallest absolute Gasteiger partial charge is 0.406 e. The van der Waals surface area contributed by atoms with Crippen molar-refractivity contribution in [2.75, 3.05) is 6.54 Å². The molecule has 0 saturated carbocycles.